The van der Waals surface area contributed by atoms with Gasteiger partial charge in [-0.15, -0.1) is 0 Å². The normalized spacial score (nSPS) is 14.0. The van der Waals surface area contributed by atoms with Gasteiger partial charge in [-0.2, -0.15) is 0 Å². The van der Waals surface area contributed by atoms with Gasteiger partial charge in [0.2, 0.25) is 0 Å². The molecule has 0 amide bonds. The van der Waals surface area contributed by atoms with E-state index in [9.17, 15) is 59.4 Å². The summed E-state index contributed by atoms with van der Waals surface area (Å²) in [5.74, 6) is -8.54. The number of carbonyl (C=O) groups is 6. The highest BCUT2D eigenvalue weighted by Gasteiger charge is 2.63. The third kappa shape index (κ3) is 16.3. The zero-order chi connectivity index (χ0) is 42.7. The molecule has 0 aliphatic rings. The van der Waals surface area contributed by atoms with E-state index in [1.54, 1.807) is 0 Å². The molecule has 6 N–H and O–H groups in total. The van der Waals surface area contributed by atoms with E-state index in [-0.39, 0.29) is 38.9 Å². The molecule has 0 aliphatic carbocycles. The Morgan fingerprint density at radius 3 is 0.857 bits per heavy atom. The Balaban J connectivity index is 5.90. The summed E-state index contributed by atoms with van der Waals surface area (Å²) < 4.78 is 11.2. The SMILES string of the molecule is CCCCCCC(CCCCCC)(C(=O)OCCCCCCOC(=O)C(CCCCCC)(CCCCCC)C(O)(CC(=O)O)C(=O)O)C(O)(CC(=O)O)C(=O)O. The fraction of sp³-hybridized carbons (Fsp3) is 0.857. The number of rotatable bonds is 37. The van der Waals surface area contributed by atoms with Gasteiger partial charge in [-0.25, -0.2) is 9.59 Å². The first-order chi connectivity index (χ1) is 26.5. The summed E-state index contributed by atoms with van der Waals surface area (Å²) in [4.78, 5) is 76.4. The molecule has 2 atom stereocenters. The number of hydrogen-bond donors (Lipinski definition) is 6. The number of carbonyl (C=O) groups excluding carboxylic acids is 2. The molecule has 0 bridgehead atoms. The summed E-state index contributed by atoms with van der Waals surface area (Å²) in [5, 5.41) is 62.6. The minimum Gasteiger partial charge on any atom is -0.481 e. The highest BCUT2D eigenvalue weighted by Crippen LogP contribution is 2.47. The number of esters is 2. The van der Waals surface area contributed by atoms with Crippen molar-refractivity contribution in [2.24, 2.45) is 10.8 Å². The highest BCUT2D eigenvalue weighted by atomic mass is 16.5. The smallest absolute Gasteiger partial charge is 0.337 e. The van der Waals surface area contributed by atoms with E-state index >= 15 is 0 Å². The van der Waals surface area contributed by atoms with Gasteiger partial charge in [0.25, 0.3) is 0 Å². The summed E-state index contributed by atoms with van der Waals surface area (Å²) in [5.41, 5.74) is -9.69. The Labute approximate surface area is 334 Å². The van der Waals surface area contributed by atoms with Crippen molar-refractivity contribution in [3.8, 4) is 0 Å². The lowest BCUT2D eigenvalue weighted by Gasteiger charge is -2.42. The monoisotopic (exact) mass is 803 g/mol. The first-order valence-corrected chi connectivity index (χ1v) is 21.2. The van der Waals surface area contributed by atoms with Crippen molar-refractivity contribution in [2.75, 3.05) is 13.2 Å². The molecule has 0 fully saturated rings. The molecule has 14 nitrogen and oxygen atoms in total. The molecule has 0 rings (SSSR count). The molecule has 0 aromatic rings. The lowest BCUT2D eigenvalue weighted by molar-refractivity contribution is -0.199. The Bertz CT molecular complexity index is 1070. The predicted molar refractivity (Wildman–Crippen MR) is 210 cm³/mol. The van der Waals surface area contributed by atoms with Crippen LogP contribution in [0.3, 0.4) is 0 Å². The second kappa shape index (κ2) is 28.2. The van der Waals surface area contributed by atoms with Crippen LogP contribution in [0.4, 0.5) is 0 Å². The van der Waals surface area contributed by atoms with Crippen LogP contribution in [0.2, 0.25) is 0 Å². The quantitative estimate of drug-likeness (QED) is 0.0257. The van der Waals surface area contributed by atoms with Crippen LogP contribution in [0.25, 0.3) is 0 Å². The van der Waals surface area contributed by atoms with Crippen molar-refractivity contribution in [1.82, 2.24) is 0 Å². The van der Waals surface area contributed by atoms with Gasteiger partial charge in [-0.3, -0.25) is 19.2 Å². The first kappa shape index (κ1) is 52.7. The molecule has 2 unspecified atom stereocenters. The molecule has 0 saturated carbocycles. The maximum absolute atomic E-state index is 13.9. The van der Waals surface area contributed by atoms with Crippen molar-refractivity contribution in [3.63, 3.8) is 0 Å². The maximum atomic E-state index is 13.9. The minimum absolute atomic E-state index is 0.0401. The third-order valence-corrected chi connectivity index (χ3v) is 11.2. The van der Waals surface area contributed by atoms with Crippen LogP contribution in [-0.4, -0.2) is 90.9 Å². The zero-order valence-electron chi connectivity index (χ0n) is 34.7. The van der Waals surface area contributed by atoms with Crippen molar-refractivity contribution >= 4 is 35.8 Å². The molecule has 0 radical (unpaired) electrons. The Morgan fingerprint density at radius 1 is 0.393 bits per heavy atom. The van der Waals surface area contributed by atoms with Crippen LogP contribution < -0.4 is 0 Å². The Morgan fingerprint density at radius 2 is 0.643 bits per heavy atom. The van der Waals surface area contributed by atoms with Gasteiger partial charge in [-0.1, -0.05) is 130 Å². The molecule has 0 heterocycles. The number of carboxylic acids is 4. The molecule has 14 heteroatoms. The maximum Gasteiger partial charge on any atom is 0.337 e. The summed E-state index contributed by atoms with van der Waals surface area (Å²) in [6.07, 6.45) is 10.3. The van der Waals surface area contributed by atoms with Crippen LogP contribution in [0.5, 0.6) is 0 Å². The van der Waals surface area contributed by atoms with E-state index in [4.69, 9.17) is 9.47 Å². The van der Waals surface area contributed by atoms with E-state index in [0.29, 0.717) is 77.0 Å². The lowest BCUT2D eigenvalue weighted by atomic mass is 9.64. The molecule has 0 aromatic carbocycles. The molecule has 0 saturated heterocycles. The van der Waals surface area contributed by atoms with Crippen molar-refractivity contribution in [1.29, 1.82) is 0 Å². The fourth-order valence-electron chi connectivity index (χ4n) is 7.74. The van der Waals surface area contributed by atoms with E-state index in [1.165, 1.54) is 0 Å². The first-order valence-electron chi connectivity index (χ1n) is 21.2. The number of aliphatic carboxylic acids is 4. The van der Waals surface area contributed by atoms with Gasteiger partial charge in [0, 0.05) is 0 Å². The van der Waals surface area contributed by atoms with E-state index < -0.39 is 70.7 Å². The van der Waals surface area contributed by atoms with Gasteiger partial charge in [0.1, 0.15) is 10.8 Å². The van der Waals surface area contributed by atoms with E-state index in [1.807, 2.05) is 27.7 Å². The molecule has 0 aliphatic heterocycles. The van der Waals surface area contributed by atoms with Crippen LogP contribution in [0.15, 0.2) is 0 Å². The average Bonchev–Trinajstić information content (AvgIpc) is 3.13. The van der Waals surface area contributed by atoms with Crippen LogP contribution in [0, 0.1) is 10.8 Å². The van der Waals surface area contributed by atoms with Gasteiger partial charge in [-0.05, 0) is 51.4 Å². The summed E-state index contributed by atoms with van der Waals surface area (Å²) >= 11 is 0. The van der Waals surface area contributed by atoms with Crippen molar-refractivity contribution in [2.45, 2.75) is 206 Å². The highest BCUT2D eigenvalue weighted by molar-refractivity contribution is 5.93. The standard InChI is InChI=1S/C42H74O14/c1-5-9-13-19-25-39(26-20-14-10-6-2,41(53,35(47)48)31-33(43)44)37(51)55-29-23-17-18-24-30-56-38(52)40(27-21-15-11-7-3,28-22-16-12-8-4)42(54,36(49)50)32-34(45)46/h53-54H,5-32H2,1-4H3,(H,43,44)(H,45,46)(H,47,48)(H,49,50). The number of unbranched alkanes of at least 4 members (excludes halogenated alkanes) is 15. The largest absolute Gasteiger partial charge is 0.481 e. The van der Waals surface area contributed by atoms with E-state index in [2.05, 4.69) is 0 Å². The molecule has 0 aromatic heterocycles. The molecule has 56 heavy (non-hydrogen) atoms. The predicted octanol–water partition coefficient (Wildman–Crippen LogP) is 8.07. The van der Waals surface area contributed by atoms with Gasteiger partial charge in [0.05, 0.1) is 26.1 Å². The molecular formula is C42H74O14. The lowest BCUT2D eigenvalue weighted by Crippen LogP contribution is -2.60. The average molecular weight is 803 g/mol. The van der Waals surface area contributed by atoms with Crippen molar-refractivity contribution < 1.29 is 68.9 Å². The second-order valence-corrected chi connectivity index (χ2v) is 15.6. The molecule has 0 spiro atoms. The van der Waals surface area contributed by atoms with E-state index in [0.717, 1.165) is 51.4 Å². The Kier molecular flexibility index (Phi) is 26.5. The minimum atomic E-state index is -2.88. The summed E-state index contributed by atoms with van der Waals surface area (Å²) in [6.45, 7) is 7.74. The van der Waals surface area contributed by atoms with Gasteiger partial charge in [0.15, 0.2) is 11.2 Å². The van der Waals surface area contributed by atoms with Crippen molar-refractivity contribution in [3.05, 3.63) is 0 Å². The fourth-order valence-corrected chi connectivity index (χ4v) is 7.74. The third-order valence-electron chi connectivity index (χ3n) is 11.2. The van der Waals surface area contributed by atoms with Gasteiger partial charge < -0.3 is 40.1 Å². The number of hydrogen-bond acceptors (Lipinski definition) is 10. The molecular weight excluding hydrogens is 728 g/mol. The zero-order valence-corrected chi connectivity index (χ0v) is 34.7. The number of ether oxygens (including phenoxy) is 2. The number of aliphatic hydroxyl groups is 2. The topological polar surface area (TPSA) is 242 Å². The van der Waals surface area contributed by atoms with Crippen LogP contribution in [0.1, 0.15) is 195 Å². The van der Waals surface area contributed by atoms with Crippen LogP contribution in [-0.2, 0) is 38.2 Å². The summed E-state index contributed by atoms with van der Waals surface area (Å²) in [7, 11) is 0. The Hall–Kier alpha value is -3.26. The number of carboxylic acid groups (broad SMARTS) is 4. The summed E-state index contributed by atoms with van der Waals surface area (Å²) in [6, 6.07) is 0. The van der Waals surface area contributed by atoms with Gasteiger partial charge >= 0.3 is 35.8 Å². The second-order valence-electron chi connectivity index (χ2n) is 15.6. The molecule has 326 valence electrons. The van der Waals surface area contributed by atoms with Crippen LogP contribution >= 0.6 is 0 Å².